The normalized spacial score (nSPS) is 15.1. The fraction of sp³-hybridized carbons (Fsp3) is 0.190. The number of nitrogens with one attached hydrogen (secondary N) is 1. The SMILES string of the molecule is COc1cc([C@H]2C(C#N)=C(N)Oc3n[nH]c(-c4ccccn4)c32)cc(OC)c1OC. The van der Waals surface area contributed by atoms with Crippen LogP contribution in [-0.2, 0) is 0 Å². The minimum absolute atomic E-state index is 0.0113. The van der Waals surface area contributed by atoms with Crippen LogP contribution in [0.1, 0.15) is 17.0 Å². The molecule has 2 aromatic heterocycles. The number of pyridine rings is 1. The number of rotatable bonds is 5. The molecule has 1 aromatic carbocycles. The second kappa shape index (κ2) is 7.67. The minimum atomic E-state index is -0.580. The number of hydrogen-bond acceptors (Lipinski definition) is 8. The molecule has 1 aliphatic heterocycles. The lowest BCUT2D eigenvalue weighted by Crippen LogP contribution is -2.21. The van der Waals surface area contributed by atoms with Gasteiger partial charge >= 0.3 is 0 Å². The van der Waals surface area contributed by atoms with Gasteiger partial charge in [-0.15, -0.1) is 5.10 Å². The molecule has 0 fully saturated rings. The minimum Gasteiger partial charge on any atom is -0.493 e. The molecule has 0 spiro atoms. The molecule has 0 unspecified atom stereocenters. The van der Waals surface area contributed by atoms with Gasteiger partial charge in [0.25, 0.3) is 0 Å². The van der Waals surface area contributed by atoms with Gasteiger partial charge in [-0.25, -0.2) is 0 Å². The van der Waals surface area contributed by atoms with Crippen LogP contribution in [0.3, 0.4) is 0 Å². The van der Waals surface area contributed by atoms with Crippen LogP contribution in [0, 0.1) is 11.3 Å². The van der Waals surface area contributed by atoms with Gasteiger partial charge in [0.05, 0.1) is 44.2 Å². The van der Waals surface area contributed by atoms with Gasteiger partial charge < -0.3 is 24.7 Å². The number of aromatic amines is 1. The van der Waals surface area contributed by atoms with E-state index in [4.69, 9.17) is 24.7 Å². The average Bonchev–Trinajstić information content (AvgIpc) is 3.20. The molecule has 0 saturated carbocycles. The van der Waals surface area contributed by atoms with Gasteiger partial charge in [-0.2, -0.15) is 5.26 Å². The smallest absolute Gasteiger partial charge is 0.244 e. The zero-order valence-corrected chi connectivity index (χ0v) is 16.6. The summed E-state index contributed by atoms with van der Waals surface area (Å²) in [6.45, 7) is 0. The van der Waals surface area contributed by atoms with Crippen LogP contribution in [0.25, 0.3) is 11.4 Å². The van der Waals surface area contributed by atoms with E-state index < -0.39 is 5.92 Å². The molecule has 1 aliphatic rings. The molecule has 3 aromatic rings. The highest BCUT2D eigenvalue weighted by molar-refractivity contribution is 5.69. The third-order valence-corrected chi connectivity index (χ3v) is 4.88. The Morgan fingerprint density at radius 1 is 1.13 bits per heavy atom. The molecule has 0 bridgehead atoms. The standard InChI is InChI=1S/C21H19N5O4/c1-27-14-8-11(9-15(28-2)19(14)29-3)16-12(10-22)20(23)30-21-17(16)18(25-26-21)13-6-4-5-7-24-13/h4-9,16H,23H2,1-3H3,(H,25,26)/t16-/m0/s1. The van der Waals surface area contributed by atoms with Gasteiger partial charge in [0.15, 0.2) is 11.5 Å². The third-order valence-electron chi connectivity index (χ3n) is 4.88. The number of benzene rings is 1. The van der Waals surface area contributed by atoms with E-state index >= 15 is 0 Å². The van der Waals surface area contributed by atoms with Crippen LogP contribution in [0.4, 0.5) is 0 Å². The number of nitrogens with two attached hydrogens (primary N) is 1. The molecule has 0 saturated heterocycles. The third kappa shape index (κ3) is 2.95. The van der Waals surface area contributed by atoms with Crippen LogP contribution >= 0.6 is 0 Å². The average molecular weight is 405 g/mol. The second-order valence-corrected chi connectivity index (χ2v) is 6.42. The van der Waals surface area contributed by atoms with Crippen LogP contribution in [0.5, 0.6) is 23.1 Å². The summed E-state index contributed by atoms with van der Waals surface area (Å²) in [7, 11) is 4.59. The van der Waals surface area contributed by atoms with E-state index in [2.05, 4.69) is 21.3 Å². The summed E-state index contributed by atoms with van der Waals surface area (Å²) in [4.78, 5) is 4.40. The molecule has 3 heterocycles. The van der Waals surface area contributed by atoms with Crippen LogP contribution in [0.15, 0.2) is 48.0 Å². The Morgan fingerprint density at radius 2 is 1.87 bits per heavy atom. The lowest BCUT2D eigenvalue weighted by atomic mass is 9.83. The first kappa shape index (κ1) is 19.1. The zero-order chi connectivity index (χ0) is 21.3. The number of methoxy groups -OCH3 is 3. The molecular formula is C21H19N5O4. The Morgan fingerprint density at radius 3 is 2.43 bits per heavy atom. The topological polar surface area (TPSA) is 128 Å². The molecule has 152 valence electrons. The summed E-state index contributed by atoms with van der Waals surface area (Å²) < 4.78 is 22.0. The number of allylic oxidation sites excluding steroid dienone is 1. The molecule has 9 nitrogen and oxygen atoms in total. The largest absolute Gasteiger partial charge is 0.493 e. The second-order valence-electron chi connectivity index (χ2n) is 6.42. The van der Waals surface area contributed by atoms with Crippen molar-refractivity contribution in [3.63, 3.8) is 0 Å². The summed E-state index contributed by atoms with van der Waals surface area (Å²) in [5.74, 6) is 1.05. The maximum Gasteiger partial charge on any atom is 0.244 e. The maximum absolute atomic E-state index is 9.87. The Labute approximate surface area is 172 Å². The van der Waals surface area contributed by atoms with Crippen molar-refractivity contribution < 1.29 is 18.9 Å². The van der Waals surface area contributed by atoms with Crippen LogP contribution in [0.2, 0.25) is 0 Å². The van der Waals surface area contributed by atoms with E-state index in [1.54, 1.807) is 18.3 Å². The molecule has 1 atom stereocenters. The van der Waals surface area contributed by atoms with E-state index in [0.717, 1.165) is 0 Å². The number of ether oxygens (including phenoxy) is 4. The molecule has 0 amide bonds. The van der Waals surface area contributed by atoms with Crippen molar-refractivity contribution in [2.24, 2.45) is 5.73 Å². The predicted molar refractivity (Wildman–Crippen MR) is 107 cm³/mol. The van der Waals surface area contributed by atoms with Gasteiger partial charge in [-0.1, -0.05) is 6.07 Å². The molecule has 30 heavy (non-hydrogen) atoms. The highest BCUT2D eigenvalue weighted by Gasteiger charge is 2.37. The molecule has 3 N–H and O–H groups in total. The predicted octanol–water partition coefficient (Wildman–Crippen LogP) is 2.72. The van der Waals surface area contributed by atoms with Gasteiger partial charge in [0.2, 0.25) is 17.5 Å². The van der Waals surface area contributed by atoms with E-state index in [9.17, 15) is 5.26 Å². The Balaban J connectivity index is 1.99. The fourth-order valence-corrected chi connectivity index (χ4v) is 3.55. The van der Waals surface area contributed by atoms with Gasteiger partial charge in [-0.3, -0.25) is 10.1 Å². The quantitative estimate of drug-likeness (QED) is 0.663. The first-order chi connectivity index (χ1) is 14.6. The number of aromatic nitrogens is 3. The van der Waals surface area contributed by atoms with Crippen molar-refractivity contribution in [2.45, 2.75) is 5.92 Å². The van der Waals surface area contributed by atoms with Crippen molar-refractivity contribution >= 4 is 0 Å². The summed E-state index contributed by atoms with van der Waals surface area (Å²) in [6.07, 6.45) is 1.68. The van der Waals surface area contributed by atoms with Gasteiger partial charge in [0, 0.05) is 6.20 Å². The van der Waals surface area contributed by atoms with Crippen molar-refractivity contribution in [3.05, 3.63) is 59.1 Å². The molecule has 0 aliphatic carbocycles. The number of H-pyrrole nitrogens is 1. The Kier molecular flexibility index (Phi) is 4.90. The molecular weight excluding hydrogens is 386 g/mol. The van der Waals surface area contributed by atoms with E-state index in [1.165, 1.54) is 21.3 Å². The number of nitriles is 1. The number of hydrogen-bond donors (Lipinski definition) is 2. The van der Waals surface area contributed by atoms with Gasteiger partial charge in [-0.05, 0) is 29.8 Å². The Hall–Kier alpha value is -4.19. The van der Waals surface area contributed by atoms with Crippen LogP contribution in [-0.4, -0.2) is 36.5 Å². The van der Waals surface area contributed by atoms with Crippen LogP contribution < -0.4 is 24.7 Å². The van der Waals surface area contributed by atoms with E-state index in [1.807, 2.05) is 18.2 Å². The lowest BCUT2D eigenvalue weighted by Gasteiger charge is -2.25. The molecule has 0 radical (unpaired) electrons. The lowest BCUT2D eigenvalue weighted by molar-refractivity contribution is 0.323. The molecule has 4 rings (SSSR count). The molecule has 9 heteroatoms. The van der Waals surface area contributed by atoms with Crippen molar-refractivity contribution in [1.82, 2.24) is 15.2 Å². The number of nitrogens with zero attached hydrogens (tertiary/aromatic N) is 3. The zero-order valence-electron chi connectivity index (χ0n) is 16.6. The highest BCUT2D eigenvalue weighted by atomic mass is 16.5. The van der Waals surface area contributed by atoms with Crippen molar-refractivity contribution in [2.75, 3.05) is 21.3 Å². The summed E-state index contributed by atoms with van der Waals surface area (Å²) in [6, 6.07) is 11.3. The first-order valence-electron chi connectivity index (χ1n) is 9.00. The summed E-state index contributed by atoms with van der Waals surface area (Å²) in [5, 5.41) is 17.1. The van der Waals surface area contributed by atoms with Gasteiger partial charge in [0.1, 0.15) is 11.6 Å². The first-order valence-corrected chi connectivity index (χ1v) is 9.00. The fourth-order valence-electron chi connectivity index (χ4n) is 3.55. The summed E-state index contributed by atoms with van der Waals surface area (Å²) in [5.41, 5.74) is 8.94. The Bertz CT molecular complexity index is 1140. The van der Waals surface area contributed by atoms with Crippen molar-refractivity contribution in [1.29, 1.82) is 5.26 Å². The van der Waals surface area contributed by atoms with E-state index in [0.29, 0.717) is 39.8 Å². The maximum atomic E-state index is 9.87. The van der Waals surface area contributed by atoms with Crippen molar-refractivity contribution in [3.8, 4) is 40.6 Å². The highest BCUT2D eigenvalue weighted by Crippen LogP contribution is 2.48. The summed E-state index contributed by atoms with van der Waals surface area (Å²) >= 11 is 0. The monoisotopic (exact) mass is 405 g/mol. The number of fused-ring (bicyclic) bond motifs is 1. The van der Waals surface area contributed by atoms with E-state index in [-0.39, 0.29) is 17.3 Å².